The van der Waals surface area contributed by atoms with E-state index in [2.05, 4.69) is 20.8 Å². The summed E-state index contributed by atoms with van der Waals surface area (Å²) in [5.41, 5.74) is -4.11. The van der Waals surface area contributed by atoms with Crippen LogP contribution >= 0.6 is 0 Å². The molecule has 10 heteroatoms. The van der Waals surface area contributed by atoms with Crippen LogP contribution in [0.4, 0.5) is 0 Å². The van der Waals surface area contributed by atoms with Crippen molar-refractivity contribution in [2.75, 3.05) is 6.61 Å². The van der Waals surface area contributed by atoms with Crippen LogP contribution in [0, 0.1) is 87.3 Å². The Balaban J connectivity index is 0.929. The number of hydrogen-bond donors (Lipinski definition) is 0. The molecule has 0 spiro atoms. The van der Waals surface area contributed by atoms with E-state index in [-0.39, 0.29) is 66.4 Å². The van der Waals surface area contributed by atoms with Crippen molar-refractivity contribution in [3.05, 3.63) is 0 Å². The van der Waals surface area contributed by atoms with Crippen LogP contribution in [0.1, 0.15) is 184 Å². The molecule has 1 saturated heterocycles. The largest absolute Gasteiger partial charge is 0.465 e. The molecule has 1 heterocycles. The minimum absolute atomic E-state index is 0.0494. The first-order chi connectivity index (χ1) is 29.7. The zero-order valence-corrected chi connectivity index (χ0v) is 40.0. The first kappa shape index (κ1) is 45.5. The Morgan fingerprint density at radius 2 is 1.44 bits per heavy atom. The van der Waals surface area contributed by atoms with Crippen molar-refractivity contribution in [2.24, 2.45) is 87.3 Å². The SMILES string of the molecule is CC(CC(C)(CC(C)(CC1C2CCC(C2)C1C)C(=O)OC1(C(C)C)CCCCC1)C(=O)OC1C2CC3C(=O)OC1C3C2)C(=O)OC(C)(C)CCOC(=O)C12CC3CC(CC(C3)C1)C2. The zero-order chi connectivity index (χ0) is 44.9. The molecular weight excluding hydrogens is 797 g/mol. The lowest BCUT2D eigenvalue weighted by molar-refractivity contribution is -0.189. The molecular formula is C53H80O10. The molecule has 0 N–H and O–H groups in total. The lowest BCUT2D eigenvalue weighted by Gasteiger charge is -2.55. The van der Waals surface area contributed by atoms with Crippen LogP contribution in [0.5, 0.6) is 0 Å². The van der Waals surface area contributed by atoms with Gasteiger partial charge in [0.05, 0.1) is 34.7 Å². The molecule has 9 aliphatic carbocycles. The van der Waals surface area contributed by atoms with Crippen molar-refractivity contribution in [2.45, 2.75) is 207 Å². The molecule has 0 radical (unpaired) electrons. The molecule has 0 amide bonds. The molecule has 12 atom stereocenters. The van der Waals surface area contributed by atoms with Gasteiger partial charge in [0.25, 0.3) is 0 Å². The van der Waals surface area contributed by atoms with Gasteiger partial charge in [-0.05, 0) is 191 Å². The van der Waals surface area contributed by atoms with Gasteiger partial charge < -0.3 is 23.7 Å². The summed E-state index contributed by atoms with van der Waals surface area (Å²) in [5, 5.41) is 0. The molecule has 12 unspecified atom stereocenters. The molecule has 0 aromatic carbocycles. The number of carbonyl (C=O) groups is 5. The second-order valence-electron chi connectivity index (χ2n) is 25.2. The van der Waals surface area contributed by atoms with Gasteiger partial charge in [0.15, 0.2) is 0 Å². The third kappa shape index (κ3) is 8.41. The molecule has 8 bridgehead atoms. The number of rotatable bonds is 17. The van der Waals surface area contributed by atoms with E-state index in [1.54, 1.807) is 6.92 Å². The maximum Gasteiger partial charge on any atom is 0.312 e. The molecule has 63 heavy (non-hydrogen) atoms. The number of carbonyl (C=O) groups excluding carboxylic acids is 5. The van der Waals surface area contributed by atoms with E-state index in [0.29, 0.717) is 60.7 Å². The van der Waals surface area contributed by atoms with Gasteiger partial charge in [-0.15, -0.1) is 0 Å². The highest BCUT2D eigenvalue weighted by atomic mass is 16.6. The topological polar surface area (TPSA) is 132 Å². The Kier molecular flexibility index (Phi) is 12.0. The van der Waals surface area contributed by atoms with Gasteiger partial charge in [-0.3, -0.25) is 24.0 Å². The van der Waals surface area contributed by atoms with Crippen LogP contribution in [0.2, 0.25) is 0 Å². The number of esters is 5. The number of ether oxygens (including phenoxy) is 5. The lowest BCUT2D eigenvalue weighted by Crippen LogP contribution is -2.50. The second-order valence-corrected chi connectivity index (χ2v) is 25.2. The molecule has 10 rings (SSSR count). The Labute approximate surface area is 377 Å². The van der Waals surface area contributed by atoms with Gasteiger partial charge in [-0.2, -0.15) is 0 Å². The molecule has 352 valence electrons. The predicted octanol–water partition coefficient (Wildman–Crippen LogP) is 10.4. The Hall–Kier alpha value is -2.65. The fourth-order valence-electron chi connectivity index (χ4n) is 16.6. The average Bonchev–Trinajstić information content (AvgIpc) is 4.03. The summed E-state index contributed by atoms with van der Waals surface area (Å²) in [5.74, 6) is 1.99. The summed E-state index contributed by atoms with van der Waals surface area (Å²) in [6.07, 6.45) is 16.8. The van der Waals surface area contributed by atoms with Crippen molar-refractivity contribution < 1.29 is 47.7 Å². The van der Waals surface area contributed by atoms with E-state index in [4.69, 9.17) is 23.7 Å². The van der Waals surface area contributed by atoms with Crippen LogP contribution in [0.3, 0.4) is 0 Å². The Morgan fingerprint density at radius 3 is 2.06 bits per heavy atom. The van der Waals surface area contributed by atoms with E-state index in [1.165, 1.54) is 38.5 Å². The molecule has 1 aliphatic heterocycles. The summed E-state index contributed by atoms with van der Waals surface area (Å²) >= 11 is 0. The minimum Gasteiger partial charge on any atom is -0.465 e. The molecule has 10 aliphatic rings. The van der Waals surface area contributed by atoms with Crippen molar-refractivity contribution >= 4 is 29.8 Å². The fourth-order valence-corrected chi connectivity index (χ4v) is 16.6. The van der Waals surface area contributed by atoms with Crippen LogP contribution in [-0.4, -0.2) is 59.9 Å². The molecule has 10 fully saturated rings. The first-order valence-electron chi connectivity index (χ1n) is 25.8. The minimum atomic E-state index is -1.27. The highest BCUT2D eigenvalue weighted by molar-refractivity contribution is 5.83. The third-order valence-electron chi connectivity index (χ3n) is 19.6. The normalized spacial score (nSPS) is 40.3. The Morgan fingerprint density at radius 1 is 0.794 bits per heavy atom. The van der Waals surface area contributed by atoms with E-state index in [9.17, 15) is 14.4 Å². The van der Waals surface area contributed by atoms with Crippen molar-refractivity contribution in [1.29, 1.82) is 0 Å². The fraction of sp³-hybridized carbons (Fsp3) is 0.906. The zero-order valence-electron chi connectivity index (χ0n) is 40.0. The summed E-state index contributed by atoms with van der Waals surface area (Å²) in [6, 6.07) is 0. The van der Waals surface area contributed by atoms with Crippen LogP contribution in [0.15, 0.2) is 0 Å². The summed E-state index contributed by atoms with van der Waals surface area (Å²) < 4.78 is 31.4. The van der Waals surface area contributed by atoms with Gasteiger partial charge in [-0.25, -0.2) is 0 Å². The Bertz CT molecular complexity index is 1760. The number of hydrogen-bond acceptors (Lipinski definition) is 10. The third-order valence-corrected chi connectivity index (χ3v) is 19.6. The average molecular weight is 877 g/mol. The molecule has 10 nitrogen and oxygen atoms in total. The molecule has 0 aromatic heterocycles. The summed E-state index contributed by atoms with van der Waals surface area (Å²) in [6.45, 7) is 16.3. The van der Waals surface area contributed by atoms with Crippen molar-refractivity contribution in [3.63, 3.8) is 0 Å². The van der Waals surface area contributed by atoms with Gasteiger partial charge in [-0.1, -0.05) is 34.1 Å². The first-order valence-corrected chi connectivity index (χ1v) is 25.8. The number of fused-ring (bicyclic) bond motifs is 3. The maximum atomic E-state index is 15.2. The van der Waals surface area contributed by atoms with Gasteiger partial charge >= 0.3 is 29.8 Å². The van der Waals surface area contributed by atoms with E-state index in [1.807, 2.05) is 27.7 Å². The van der Waals surface area contributed by atoms with Gasteiger partial charge in [0.1, 0.15) is 23.4 Å². The quantitative estimate of drug-likeness (QED) is 0.103. The second kappa shape index (κ2) is 16.6. The molecule has 0 aromatic rings. The highest BCUT2D eigenvalue weighted by Gasteiger charge is 2.64. The van der Waals surface area contributed by atoms with Crippen LogP contribution in [-0.2, 0) is 47.7 Å². The van der Waals surface area contributed by atoms with Gasteiger partial charge in [0.2, 0.25) is 0 Å². The standard InChI is InChI=1S/C53H80O10/c1-30(2)53(14-10-9-11-15-53)63-47(57)51(8,28-41-32(4)36-12-13-37(41)21-36)29-50(7,46(56)61-42-38-22-39-40(23-38)45(55)60-43(39)42)24-31(3)44(54)62-49(5,6)16-17-59-48(58)52-25-33-18-34(26-52)20-35(19-33)27-52/h30-43H,9-29H2,1-8H3. The summed E-state index contributed by atoms with van der Waals surface area (Å²) in [4.78, 5) is 70.9. The van der Waals surface area contributed by atoms with Crippen LogP contribution < -0.4 is 0 Å². The monoisotopic (exact) mass is 877 g/mol. The van der Waals surface area contributed by atoms with Gasteiger partial charge in [0, 0.05) is 18.3 Å². The smallest absolute Gasteiger partial charge is 0.312 e. The highest BCUT2D eigenvalue weighted by Crippen LogP contribution is 2.61. The lowest BCUT2D eigenvalue weighted by atomic mass is 9.49. The van der Waals surface area contributed by atoms with Crippen LogP contribution in [0.25, 0.3) is 0 Å². The molecule has 9 saturated carbocycles. The van der Waals surface area contributed by atoms with E-state index < -0.39 is 52.1 Å². The summed E-state index contributed by atoms with van der Waals surface area (Å²) in [7, 11) is 0. The van der Waals surface area contributed by atoms with E-state index in [0.717, 1.165) is 57.8 Å². The predicted molar refractivity (Wildman–Crippen MR) is 235 cm³/mol. The van der Waals surface area contributed by atoms with Crippen molar-refractivity contribution in [1.82, 2.24) is 0 Å². The van der Waals surface area contributed by atoms with Crippen molar-refractivity contribution in [3.8, 4) is 0 Å². The maximum absolute atomic E-state index is 15.2. The van der Waals surface area contributed by atoms with E-state index >= 15 is 9.59 Å².